The van der Waals surface area contributed by atoms with E-state index in [4.69, 9.17) is 10.6 Å². The van der Waals surface area contributed by atoms with Gasteiger partial charge in [-0.05, 0) is 26.2 Å². The quantitative estimate of drug-likeness (QED) is 0.524. The largest absolute Gasteiger partial charge is 0.376 e. The van der Waals surface area contributed by atoms with Crippen molar-refractivity contribution < 1.29 is 4.74 Å². The molecule has 94 valence electrons. The summed E-state index contributed by atoms with van der Waals surface area (Å²) < 4.78 is 5.54. The minimum absolute atomic E-state index is 0.0187. The predicted octanol–water partition coefficient (Wildman–Crippen LogP) is 1.05. The van der Waals surface area contributed by atoms with Gasteiger partial charge in [-0.1, -0.05) is 0 Å². The summed E-state index contributed by atoms with van der Waals surface area (Å²) in [4.78, 5) is 8.44. The van der Waals surface area contributed by atoms with Crippen molar-refractivity contribution in [2.24, 2.45) is 5.84 Å². The van der Waals surface area contributed by atoms with Gasteiger partial charge in [0.15, 0.2) is 0 Å². The Morgan fingerprint density at radius 2 is 2.12 bits per heavy atom. The first-order chi connectivity index (χ1) is 8.17. The van der Waals surface area contributed by atoms with Gasteiger partial charge in [-0.15, -0.1) is 0 Å². The molecule has 6 heteroatoms. The highest BCUT2D eigenvalue weighted by atomic mass is 16.5. The van der Waals surface area contributed by atoms with Crippen LogP contribution in [-0.2, 0) is 4.74 Å². The van der Waals surface area contributed by atoms with Crippen molar-refractivity contribution in [3.8, 4) is 0 Å². The summed E-state index contributed by atoms with van der Waals surface area (Å²) in [6, 6.07) is 1.79. The standard InChI is InChI=1S/C11H19N5O/c1-8-14-9(6-10(15-8)16-12)13-7-11(17-2)4-3-5-11/h6H,3-5,7,12H2,1-2H3,(H2,13,14,15,16). The highest BCUT2D eigenvalue weighted by Gasteiger charge is 2.36. The van der Waals surface area contributed by atoms with Crippen LogP contribution >= 0.6 is 0 Å². The maximum atomic E-state index is 5.54. The fraction of sp³-hybridized carbons (Fsp3) is 0.636. The second-order valence-electron chi connectivity index (χ2n) is 4.42. The van der Waals surface area contributed by atoms with Crippen LogP contribution in [0.1, 0.15) is 25.1 Å². The number of ether oxygens (including phenoxy) is 1. The van der Waals surface area contributed by atoms with Gasteiger partial charge in [-0.25, -0.2) is 15.8 Å². The predicted molar refractivity (Wildman–Crippen MR) is 66.7 cm³/mol. The molecule has 1 aliphatic rings. The fourth-order valence-corrected chi connectivity index (χ4v) is 2.01. The Morgan fingerprint density at radius 1 is 1.41 bits per heavy atom. The Bertz CT molecular complexity index is 386. The summed E-state index contributed by atoms with van der Waals surface area (Å²) in [6.45, 7) is 2.60. The van der Waals surface area contributed by atoms with Gasteiger partial charge in [0, 0.05) is 19.7 Å². The molecule has 17 heavy (non-hydrogen) atoms. The van der Waals surface area contributed by atoms with Crippen LogP contribution in [0.4, 0.5) is 11.6 Å². The van der Waals surface area contributed by atoms with E-state index in [1.807, 2.05) is 6.92 Å². The third-order valence-electron chi connectivity index (χ3n) is 3.28. The van der Waals surface area contributed by atoms with Crippen LogP contribution in [0.2, 0.25) is 0 Å². The van der Waals surface area contributed by atoms with Gasteiger partial charge >= 0.3 is 0 Å². The summed E-state index contributed by atoms with van der Waals surface area (Å²) in [5.74, 6) is 7.41. The van der Waals surface area contributed by atoms with E-state index < -0.39 is 0 Å². The van der Waals surface area contributed by atoms with Crippen molar-refractivity contribution in [2.75, 3.05) is 24.4 Å². The van der Waals surface area contributed by atoms with Crippen molar-refractivity contribution in [2.45, 2.75) is 31.8 Å². The Balaban J connectivity index is 2.01. The molecule has 0 spiro atoms. The molecule has 2 rings (SSSR count). The number of nitrogen functional groups attached to an aromatic ring is 1. The Kier molecular flexibility index (Phi) is 3.44. The third-order valence-corrected chi connectivity index (χ3v) is 3.28. The van der Waals surface area contributed by atoms with Gasteiger partial charge in [0.05, 0.1) is 5.60 Å². The maximum absolute atomic E-state index is 5.54. The van der Waals surface area contributed by atoms with Crippen LogP contribution in [0.25, 0.3) is 0 Å². The van der Waals surface area contributed by atoms with Gasteiger partial charge in [0.2, 0.25) is 0 Å². The molecule has 0 atom stereocenters. The number of nitrogens with two attached hydrogens (primary N) is 1. The topological polar surface area (TPSA) is 85.1 Å². The molecule has 0 aromatic carbocycles. The summed E-state index contributed by atoms with van der Waals surface area (Å²) in [5, 5.41) is 3.28. The zero-order chi connectivity index (χ0) is 12.3. The zero-order valence-electron chi connectivity index (χ0n) is 10.3. The number of hydrogen-bond donors (Lipinski definition) is 3. The minimum Gasteiger partial charge on any atom is -0.376 e. The molecule has 1 fully saturated rings. The Morgan fingerprint density at radius 3 is 2.65 bits per heavy atom. The second-order valence-corrected chi connectivity index (χ2v) is 4.42. The normalized spacial score (nSPS) is 17.4. The van der Waals surface area contributed by atoms with Crippen LogP contribution < -0.4 is 16.6 Å². The molecule has 0 bridgehead atoms. The van der Waals surface area contributed by atoms with Crippen LogP contribution in [0.3, 0.4) is 0 Å². The number of anilines is 2. The lowest BCUT2D eigenvalue weighted by Crippen LogP contribution is -2.45. The van der Waals surface area contributed by atoms with E-state index in [1.165, 1.54) is 6.42 Å². The molecule has 1 aromatic rings. The molecule has 1 heterocycles. The number of hydrazine groups is 1. The van der Waals surface area contributed by atoms with Gasteiger partial charge in [-0.3, -0.25) is 0 Å². The molecular formula is C11H19N5O. The zero-order valence-corrected chi connectivity index (χ0v) is 10.3. The third kappa shape index (κ3) is 2.65. The Labute approximate surface area is 101 Å². The van der Waals surface area contributed by atoms with E-state index in [-0.39, 0.29) is 5.60 Å². The average Bonchev–Trinajstić information content (AvgIpc) is 2.27. The van der Waals surface area contributed by atoms with E-state index in [2.05, 4.69) is 20.7 Å². The van der Waals surface area contributed by atoms with Crippen LogP contribution in [0.15, 0.2) is 6.07 Å². The number of hydrogen-bond acceptors (Lipinski definition) is 6. The monoisotopic (exact) mass is 237 g/mol. The number of aromatic nitrogens is 2. The summed E-state index contributed by atoms with van der Waals surface area (Å²) in [5.41, 5.74) is 2.51. The van der Waals surface area contributed by atoms with Gasteiger partial charge in [0.25, 0.3) is 0 Å². The molecule has 1 aliphatic carbocycles. The number of nitrogens with one attached hydrogen (secondary N) is 2. The van der Waals surface area contributed by atoms with Gasteiger partial charge in [-0.2, -0.15) is 0 Å². The molecular weight excluding hydrogens is 218 g/mol. The molecule has 1 saturated carbocycles. The van der Waals surface area contributed by atoms with E-state index in [9.17, 15) is 0 Å². The molecule has 4 N–H and O–H groups in total. The number of aryl methyl sites for hydroxylation is 1. The molecule has 0 radical (unpaired) electrons. The first-order valence-corrected chi connectivity index (χ1v) is 5.79. The molecule has 0 unspecified atom stereocenters. The molecule has 6 nitrogen and oxygen atoms in total. The van der Waals surface area contributed by atoms with Crippen LogP contribution in [0.5, 0.6) is 0 Å². The first-order valence-electron chi connectivity index (χ1n) is 5.79. The van der Waals surface area contributed by atoms with E-state index in [0.29, 0.717) is 11.6 Å². The average molecular weight is 237 g/mol. The number of rotatable bonds is 5. The fourth-order valence-electron chi connectivity index (χ4n) is 2.01. The minimum atomic E-state index is -0.0187. The van der Waals surface area contributed by atoms with Crippen molar-refractivity contribution >= 4 is 11.6 Å². The van der Waals surface area contributed by atoms with E-state index in [0.717, 1.165) is 25.2 Å². The lowest BCUT2D eigenvalue weighted by atomic mass is 9.80. The van der Waals surface area contributed by atoms with Crippen molar-refractivity contribution in [1.82, 2.24) is 9.97 Å². The van der Waals surface area contributed by atoms with Crippen LogP contribution in [-0.4, -0.2) is 29.2 Å². The van der Waals surface area contributed by atoms with Crippen molar-refractivity contribution in [1.29, 1.82) is 0 Å². The van der Waals surface area contributed by atoms with Crippen molar-refractivity contribution in [3.63, 3.8) is 0 Å². The molecule has 1 aromatic heterocycles. The van der Waals surface area contributed by atoms with E-state index >= 15 is 0 Å². The second kappa shape index (κ2) is 4.85. The highest BCUT2D eigenvalue weighted by Crippen LogP contribution is 2.34. The van der Waals surface area contributed by atoms with Gasteiger partial charge < -0.3 is 15.5 Å². The highest BCUT2D eigenvalue weighted by molar-refractivity contribution is 5.47. The summed E-state index contributed by atoms with van der Waals surface area (Å²) >= 11 is 0. The maximum Gasteiger partial charge on any atom is 0.145 e. The lowest BCUT2D eigenvalue weighted by Gasteiger charge is -2.40. The Hall–Kier alpha value is -1.40. The number of nitrogens with zero attached hydrogens (tertiary/aromatic N) is 2. The van der Waals surface area contributed by atoms with Crippen LogP contribution in [0, 0.1) is 6.92 Å². The molecule has 0 saturated heterocycles. The van der Waals surface area contributed by atoms with Crippen molar-refractivity contribution in [3.05, 3.63) is 11.9 Å². The molecule has 0 aliphatic heterocycles. The SMILES string of the molecule is COC1(CNc2cc(NN)nc(C)n2)CCC1. The van der Waals surface area contributed by atoms with E-state index in [1.54, 1.807) is 13.2 Å². The smallest absolute Gasteiger partial charge is 0.145 e. The first kappa shape index (κ1) is 12.1. The lowest BCUT2D eigenvalue weighted by molar-refractivity contribution is -0.0601. The summed E-state index contributed by atoms with van der Waals surface area (Å²) in [6.07, 6.45) is 3.43. The van der Waals surface area contributed by atoms with Gasteiger partial charge in [0.1, 0.15) is 17.5 Å². The summed E-state index contributed by atoms with van der Waals surface area (Å²) in [7, 11) is 1.76. The number of methoxy groups -OCH3 is 1. The molecule has 0 amide bonds.